The monoisotopic (exact) mass is 220 g/mol. The summed E-state index contributed by atoms with van der Waals surface area (Å²) in [5.41, 5.74) is 0.358. The molecule has 0 N–H and O–H groups in total. The molecule has 0 saturated carbocycles. The molecule has 1 rings (SSSR count). The molecule has 3 heteroatoms. The quantitative estimate of drug-likeness (QED) is 0.679. The van der Waals surface area contributed by atoms with Gasteiger partial charge in [-0.15, -0.1) is 0 Å². The minimum absolute atomic E-state index is 0.358. The summed E-state index contributed by atoms with van der Waals surface area (Å²) in [6.45, 7) is 1.38. The van der Waals surface area contributed by atoms with Crippen molar-refractivity contribution < 1.29 is 8.78 Å². The first-order chi connectivity index (χ1) is 5.09. The first kappa shape index (κ1) is 8.65. The molecule has 1 unspecified atom stereocenters. The summed E-state index contributed by atoms with van der Waals surface area (Å²) in [6.07, 6.45) is -1.12. The Bertz CT molecular complexity index is 238. The number of alkyl halides is 1. The Morgan fingerprint density at radius 2 is 2.00 bits per heavy atom. The lowest BCUT2D eigenvalue weighted by molar-refractivity contribution is 0.372. The van der Waals surface area contributed by atoms with Gasteiger partial charge in [-0.05, 0) is 30.7 Å². The molecule has 0 fully saturated rings. The highest BCUT2D eigenvalue weighted by atomic mass is 79.9. The summed E-state index contributed by atoms with van der Waals surface area (Å²) < 4.78 is 25.8. The fourth-order valence-electron chi connectivity index (χ4n) is 0.805. The fourth-order valence-corrected chi connectivity index (χ4v) is 1.29. The van der Waals surface area contributed by atoms with Gasteiger partial charge in [0.1, 0.15) is 12.0 Å². The molecule has 0 heterocycles. The normalized spacial score (nSPS) is 13.1. The highest BCUT2D eigenvalue weighted by Gasteiger charge is 2.04. The Hall–Kier alpha value is -0.440. The zero-order valence-corrected chi connectivity index (χ0v) is 7.53. The molecule has 0 spiro atoms. The number of hydrogen-bond donors (Lipinski definition) is 0. The van der Waals surface area contributed by atoms with Gasteiger partial charge in [0.05, 0.1) is 0 Å². The van der Waals surface area contributed by atoms with Crippen molar-refractivity contribution in [2.24, 2.45) is 0 Å². The minimum atomic E-state index is -1.12. The van der Waals surface area contributed by atoms with Gasteiger partial charge >= 0.3 is 0 Å². The standard InChI is InChI=1S/C8H7BrF2/c1-5(10)6-2-7(9)4-8(11)3-6/h2-5H,1H3. The molecule has 1 aromatic carbocycles. The highest BCUT2D eigenvalue weighted by molar-refractivity contribution is 9.10. The van der Waals surface area contributed by atoms with Crippen LogP contribution in [-0.4, -0.2) is 0 Å². The van der Waals surface area contributed by atoms with E-state index in [2.05, 4.69) is 15.9 Å². The fraction of sp³-hybridized carbons (Fsp3) is 0.250. The second-order valence-electron chi connectivity index (χ2n) is 2.32. The van der Waals surface area contributed by atoms with E-state index in [1.807, 2.05) is 0 Å². The third-order valence-corrected chi connectivity index (χ3v) is 1.80. The van der Waals surface area contributed by atoms with Crippen LogP contribution in [0.1, 0.15) is 18.7 Å². The molecule has 11 heavy (non-hydrogen) atoms. The van der Waals surface area contributed by atoms with Crippen molar-refractivity contribution in [3.05, 3.63) is 34.1 Å². The Morgan fingerprint density at radius 3 is 2.45 bits per heavy atom. The SMILES string of the molecule is CC(F)c1cc(F)cc(Br)c1. The zero-order valence-electron chi connectivity index (χ0n) is 5.94. The van der Waals surface area contributed by atoms with Crippen LogP contribution in [0.5, 0.6) is 0 Å². The van der Waals surface area contributed by atoms with Gasteiger partial charge in [0, 0.05) is 4.47 Å². The van der Waals surface area contributed by atoms with Gasteiger partial charge in [-0.2, -0.15) is 0 Å². The van der Waals surface area contributed by atoms with Gasteiger partial charge in [0.2, 0.25) is 0 Å². The number of rotatable bonds is 1. The second-order valence-corrected chi connectivity index (χ2v) is 3.23. The molecule has 60 valence electrons. The molecule has 0 aliphatic rings. The predicted molar refractivity (Wildman–Crippen MR) is 43.6 cm³/mol. The molecular weight excluding hydrogens is 214 g/mol. The predicted octanol–water partition coefficient (Wildman–Crippen LogP) is 3.62. The molecule has 0 nitrogen and oxygen atoms in total. The third-order valence-electron chi connectivity index (χ3n) is 1.34. The van der Waals surface area contributed by atoms with E-state index in [9.17, 15) is 8.78 Å². The van der Waals surface area contributed by atoms with Crippen molar-refractivity contribution in [3.8, 4) is 0 Å². The highest BCUT2D eigenvalue weighted by Crippen LogP contribution is 2.21. The Labute approximate surface area is 72.4 Å². The van der Waals surface area contributed by atoms with E-state index in [0.717, 1.165) is 0 Å². The first-order valence-corrected chi connectivity index (χ1v) is 3.99. The van der Waals surface area contributed by atoms with Crippen molar-refractivity contribution >= 4 is 15.9 Å². The summed E-state index contributed by atoms with van der Waals surface area (Å²) in [5, 5.41) is 0. The van der Waals surface area contributed by atoms with E-state index in [4.69, 9.17) is 0 Å². The van der Waals surface area contributed by atoms with Crippen molar-refractivity contribution in [2.45, 2.75) is 13.1 Å². The average Bonchev–Trinajstić information content (AvgIpc) is 1.85. The van der Waals surface area contributed by atoms with E-state index in [1.165, 1.54) is 19.1 Å². The van der Waals surface area contributed by atoms with Crippen LogP contribution >= 0.6 is 15.9 Å². The summed E-state index contributed by atoms with van der Waals surface area (Å²) in [7, 11) is 0. The lowest BCUT2D eigenvalue weighted by Gasteiger charge is -2.02. The van der Waals surface area contributed by atoms with E-state index < -0.39 is 12.0 Å². The molecule has 1 atom stereocenters. The van der Waals surface area contributed by atoms with Crippen molar-refractivity contribution in [3.63, 3.8) is 0 Å². The van der Waals surface area contributed by atoms with E-state index >= 15 is 0 Å². The molecule has 0 radical (unpaired) electrons. The number of benzene rings is 1. The van der Waals surface area contributed by atoms with E-state index in [0.29, 0.717) is 10.0 Å². The Morgan fingerprint density at radius 1 is 1.36 bits per heavy atom. The van der Waals surface area contributed by atoms with Crippen LogP contribution in [0.4, 0.5) is 8.78 Å². The van der Waals surface area contributed by atoms with E-state index in [1.54, 1.807) is 6.07 Å². The molecule has 0 amide bonds. The van der Waals surface area contributed by atoms with Gasteiger partial charge in [-0.25, -0.2) is 8.78 Å². The largest absolute Gasteiger partial charge is 0.243 e. The maximum absolute atomic E-state index is 12.6. The minimum Gasteiger partial charge on any atom is -0.243 e. The van der Waals surface area contributed by atoms with Gasteiger partial charge in [0.15, 0.2) is 0 Å². The van der Waals surface area contributed by atoms with Gasteiger partial charge < -0.3 is 0 Å². The van der Waals surface area contributed by atoms with Crippen LogP contribution in [0, 0.1) is 5.82 Å². The smallest absolute Gasteiger partial charge is 0.124 e. The summed E-state index contributed by atoms with van der Waals surface area (Å²) >= 11 is 3.07. The molecular formula is C8H7BrF2. The van der Waals surface area contributed by atoms with Gasteiger partial charge in [-0.1, -0.05) is 15.9 Å². The Balaban J connectivity index is 3.08. The first-order valence-electron chi connectivity index (χ1n) is 3.19. The van der Waals surface area contributed by atoms with Gasteiger partial charge in [-0.3, -0.25) is 0 Å². The molecule has 0 saturated heterocycles. The topological polar surface area (TPSA) is 0 Å². The van der Waals surface area contributed by atoms with Crippen LogP contribution in [-0.2, 0) is 0 Å². The van der Waals surface area contributed by atoms with Crippen LogP contribution in [0.3, 0.4) is 0 Å². The maximum atomic E-state index is 12.6. The maximum Gasteiger partial charge on any atom is 0.124 e. The van der Waals surface area contributed by atoms with Gasteiger partial charge in [0.25, 0.3) is 0 Å². The molecule has 0 aromatic heterocycles. The zero-order chi connectivity index (χ0) is 8.43. The van der Waals surface area contributed by atoms with Crippen LogP contribution in [0.15, 0.2) is 22.7 Å². The van der Waals surface area contributed by atoms with Crippen molar-refractivity contribution in [1.29, 1.82) is 0 Å². The average molecular weight is 221 g/mol. The molecule has 0 bridgehead atoms. The molecule has 0 aliphatic carbocycles. The van der Waals surface area contributed by atoms with Crippen LogP contribution in [0.25, 0.3) is 0 Å². The lowest BCUT2D eigenvalue weighted by Crippen LogP contribution is -1.86. The summed E-state index contributed by atoms with van der Waals surface area (Å²) in [6, 6.07) is 4.05. The van der Waals surface area contributed by atoms with Crippen LogP contribution < -0.4 is 0 Å². The number of hydrogen-bond acceptors (Lipinski definition) is 0. The Kier molecular flexibility index (Phi) is 2.60. The van der Waals surface area contributed by atoms with Crippen molar-refractivity contribution in [2.75, 3.05) is 0 Å². The second kappa shape index (κ2) is 3.30. The number of halogens is 3. The van der Waals surface area contributed by atoms with Crippen molar-refractivity contribution in [1.82, 2.24) is 0 Å². The van der Waals surface area contributed by atoms with E-state index in [-0.39, 0.29) is 0 Å². The summed E-state index contributed by atoms with van der Waals surface area (Å²) in [5.74, 6) is -0.418. The lowest BCUT2D eigenvalue weighted by atomic mass is 10.1. The molecule has 0 aliphatic heterocycles. The third kappa shape index (κ3) is 2.26. The summed E-state index contributed by atoms with van der Waals surface area (Å²) in [4.78, 5) is 0. The molecule has 1 aromatic rings. The van der Waals surface area contributed by atoms with Crippen LogP contribution in [0.2, 0.25) is 0 Å².